The van der Waals surface area contributed by atoms with Crippen LogP contribution in [0.1, 0.15) is 23.4 Å². The van der Waals surface area contributed by atoms with Gasteiger partial charge in [-0.25, -0.2) is 4.39 Å². The fourth-order valence-electron chi connectivity index (χ4n) is 2.98. The van der Waals surface area contributed by atoms with Gasteiger partial charge in [0.25, 0.3) is 0 Å². The predicted octanol–water partition coefficient (Wildman–Crippen LogP) is 3.49. The third-order valence-electron chi connectivity index (χ3n) is 4.46. The maximum atomic E-state index is 13.8. The zero-order chi connectivity index (χ0) is 16.2. The molecule has 0 amide bonds. The molecule has 1 atom stereocenters. The van der Waals surface area contributed by atoms with Gasteiger partial charge in [0.2, 0.25) is 0 Å². The standard InChI is InChI=1S/C18H24FN3S/c1-14(20-13-16-4-3-11-23-16)17-12-15(19)5-6-18(17)22-9-7-21(2)8-10-22/h3-6,11-12,14,20H,7-10,13H2,1-2H3. The van der Waals surface area contributed by atoms with Crippen molar-refractivity contribution in [1.29, 1.82) is 0 Å². The molecule has 1 aliphatic rings. The van der Waals surface area contributed by atoms with Gasteiger partial charge < -0.3 is 15.1 Å². The molecule has 1 N–H and O–H groups in total. The molecular weight excluding hydrogens is 309 g/mol. The summed E-state index contributed by atoms with van der Waals surface area (Å²) in [6.45, 7) is 7.01. The van der Waals surface area contributed by atoms with Gasteiger partial charge in [-0.15, -0.1) is 11.3 Å². The van der Waals surface area contributed by atoms with Crippen molar-refractivity contribution >= 4 is 17.0 Å². The van der Waals surface area contributed by atoms with Crippen molar-refractivity contribution in [2.45, 2.75) is 19.5 Å². The molecule has 1 aliphatic heterocycles. The minimum Gasteiger partial charge on any atom is -0.369 e. The number of hydrogen-bond donors (Lipinski definition) is 1. The van der Waals surface area contributed by atoms with Gasteiger partial charge >= 0.3 is 0 Å². The maximum absolute atomic E-state index is 13.8. The number of likely N-dealkylation sites (N-methyl/N-ethyl adjacent to an activating group) is 1. The molecule has 1 aromatic carbocycles. The molecule has 0 saturated carbocycles. The van der Waals surface area contributed by atoms with Crippen molar-refractivity contribution in [3.05, 3.63) is 52.0 Å². The normalized spacial score (nSPS) is 17.4. The lowest BCUT2D eigenvalue weighted by molar-refractivity contribution is 0.312. The van der Waals surface area contributed by atoms with Crippen molar-refractivity contribution in [1.82, 2.24) is 10.2 Å². The number of hydrogen-bond acceptors (Lipinski definition) is 4. The van der Waals surface area contributed by atoms with Crippen LogP contribution in [0.15, 0.2) is 35.7 Å². The Kier molecular flexibility index (Phi) is 5.30. The van der Waals surface area contributed by atoms with Crippen LogP contribution in [-0.4, -0.2) is 38.1 Å². The predicted molar refractivity (Wildman–Crippen MR) is 95.7 cm³/mol. The molecule has 2 aromatic rings. The van der Waals surface area contributed by atoms with E-state index in [9.17, 15) is 4.39 Å². The van der Waals surface area contributed by atoms with E-state index in [4.69, 9.17) is 0 Å². The molecule has 1 aromatic heterocycles. The summed E-state index contributed by atoms with van der Waals surface area (Å²) in [5.41, 5.74) is 2.21. The van der Waals surface area contributed by atoms with Crippen molar-refractivity contribution in [2.24, 2.45) is 0 Å². The third-order valence-corrected chi connectivity index (χ3v) is 5.34. The van der Waals surface area contributed by atoms with Crippen LogP contribution in [0.4, 0.5) is 10.1 Å². The molecule has 3 rings (SSSR count). The Labute approximate surface area is 141 Å². The van der Waals surface area contributed by atoms with E-state index in [1.54, 1.807) is 23.5 Å². The van der Waals surface area contributed by atoms with Gasteiger partial charge in [-0.05, 0) is 49.2 Å². The lowest BCUT2D eigenvalue weighted by Crippen LogP contribution is -2.45. The molecule has 5 heteroatoms. The number of thiophene rings is 1. The number of anilines is 1. The van der Waals surface area contributed by atoms with E-state index in [1.165, 1.54) is 4.88 Å². The second-order valence-electron chi connectivity index (χ2n) is 6.18. The highest BCUT2D eigenvalue weighted by Crippen LogP contribution is 2.28. The first-order chi connectivity index (χ1) is 11.1. The van der Waals surface area contributed by atoms with Gasteiger partial charge in [0.1, 0.15) is 5.82 Å². The van der Waals surface area contributed by atoms with Gasteiger partial charge in [-0.2, -0.15) is 0 Å². The summed E-state index contributed by atoms with van der Waals surface area (Å²) in [6, 6.07) is 9.48. The van der Waals surface area contributed by atoms with Crippen LogP contribution in [0.5, 0.6) is 0 Å². The smallest absolute Gasteiger partial charge is 0.123 e. The van der Waals surface area contributed by atoms with Crippen LogP contribution >= 0.6 is 11.3 Å². The van der Waals surface area contributed by atoms with Crippen molar-refractivity contribution < 1.29 is 4.39 Å². The molecule has 2 heterocycles. The largest absolute Gasteiger partial charge is 0.369 e. The summed E-state index contributed by atoms with van der Waals surface area (Å²) in [4.78, 5) is 6.00. The van der Waals surface area contributed by atoms with E-state index in [0.717, 1.165) is 44.0 Å². The first-order valence-corrected chi connectivity index (χ1v) is 9.00. The lowest BCUT2D eigenvalue weighted by Gasteiger charge is -2.36. The van der Waals surface area contributed by atoms with Crippen LogP contribution in [-0.2, 0) is 6.54 Å². The van der Waals surface area contributed by atoms with E-state index in [0.29, 0.717) is 0 Å². The Hall–Kier alpha value is -1.43. The lowest BCUT2D eigenvalue weighted by atomic mass is 10.0. The Morgan fingerprint density at radius 3 is 2.70 bits per heavy atom. The SMILES string of the molecule is CC(NCc1cccs1)c1cc(F)ccc1N1CCN(C)CC1. The summed E-state index contributed by atoms with van der Waals surface area (Å²) >= 11 is 1.74. The number of piperazine rings is 1. The Morgan fingerprint density at radius 1 is 1.22 bits per heavy atom. The summed E-state index contributed by atoms with van der Waals surface area (Å²) in [5, 5.41) is 5.61. The highest BCUT2D eigenvalue weighted by atomic mass is 32.1. The summed E-state index contributed by atoms with van der Waals surface area (Å²) in [5.74, 6) is -0.164. The van der Waals surface area contributed by atoms with Gasteiger partial charge in [-0.1, -0.05) is 6.07 Å². The summed E-state index contributed by atoms with van der Waals surface area (Å²) < 4.78 is 13.8. The maximum Gasteiger partial charge on any atom is 0.123 e. The Bertz CT molecular complexity index is 621. The number of nitrogens with zero attached hydrogens (tertiary/aromatic N) is 2. The summed E-state index contributed by atoms with van der Waals surface area (Å²) in [7, 11) is 2.15. The first-order valence-electron chi connectivity index (χ1n) is 8.12. The number of nitrogens with one attached hydrogen (secondary N) is 1. The molecule has 0 radical (unpaired) electrons. The van der Waals surface area contributed by atoms with Crippen LogP contribution < -0.4 is 10.2 Å². The third kappa shape index (κ3) is 4.10. The zero-order valence-electron chi connectivity index (χ0n) is 13.8. The molecule has 0 spiro atoms. The first kappa shape index (κ1) is 16.4. The highest BCUT2D eigenvalue weighted by molar-refractivity contribution is 7.09. The number of halogens is 1. The van der Waals surface area contributed by atoms with E-state index in [1.807, 2.05) is 6.07 Å². The molecule has 1 unspecified atom stereocenters. The molecule has 1 saturated heterocycles. The van der Waals surface area contributed by atoms with Gasteiger partial charge in [-0.3, -0.25) is 0 Å². The van der Waals surface area contributed by atoms with E-state index < -0.39 is 0 Å². The molecule has 0 bridgehead atoms. The van der Waals surface area contributed by atoms with Crippen LogP contribution in [0, 0.1) is 5.82 Å². The second-order valence-corrected chi connectivity index (χ2v) is 7.21. The average Bonchev–Trinajstić information content (AvgIpc) is 3.07. The van der Waals surface area contributed by atoms with E-state index in [2.05, 4.69) is 46.6 Å². The number of rotatable bonds is 5. The topological polar surface area (TPSA) is 18.5 Å². The Balaban J connectivity index is 1.75. The zero-order valence-corrected chi connectivity index (χ0v) is 14.6. The minimum absolute atomic E-state index is 0.113. The monoisotopic (exact) mass is 333 g/mol. The molecular formula is C18H24FN3S. The van der Waals surface area contributed by atoms with Crippen LogP contribution in [0.2, 0.25) is 0 Å². The van der Waals surface area contributed by atoms with Gasteiger partial charge in [0.05, 0.1) is 0 Å². The Morgan fingerprint density at radius 2 is 2.00 bits per heavy atom. The van der Waals surface area contributed by atoms with Gasteiger partial charge in [0, 0.05) is 49.3 Å². The van der Waals surface area contributed by atoms with E-state index >= 15 is 0 Å². The highest BCUT2D eigenvalue weighted by Gasteiger charge is 2.20. The molecule has 23 heavy (non-hydrogen) atoms. The number of benzene rings is 1. The van der Waals surface area contributed by atoms with Gasteiger partial charge in [0.15, 0.2) is 0 Å². The minimum atomic E-state index is -0.164. The fraction of sp³-hybridized carbons (Fsp3) is 0.444. The van der Waals surface area contributed by atoms with Crippen molar-refractivity contribution in [3.8, 4) is 0 Å². The van der Waals surface area contributed by atoms with E-state index in [-0.39, 0.29) is 11.9 Å². The molecule has 124 valence electrons. The second kappa shape index (κ2) is 7.43. The van der Waals surface area contributed by atoms with Crippen molar-refractivity contribution in [2.75, 3.05) is 38.1 Å². The van der Waals surface area contributed by atoms with Crippen LogP contribution in [0.3, 0.4) is 0 Å². The van der Waals surface area contributed by atoms with Crippen molar-refractivity contribution in [3.63, 3.8) is 0 Å². The fourth-order valence-corrected chi connectivity index (χ4v) is 3.64. The summed E-state index contributed by atoms with van der Waals surface area (Å²) in [6.07, 6.45) is 0. The molecule has 0 aliphatic carbocycles. The van der Waals surface area contributed by atoms with Crippen LogP contribution in [0.25, 0.3) is 0 Å². The molecule has 3 nitrogen and oxygen atoms in total. The average molecular weight is 333 g/mol. The quantitative estimate of drug-likeness (QED) is 0.904. The molecule has 1 fully saturated rings.